The van der Waals surface area contributed by atoms with Crippen LogP contribution in [0.2, 0.25) is 0 Å². The van der Waals surface area contributed by atoms with Gasteiger partial charge in [0.1, 0.15) is 13.1 Å². The van der Waals surface area contributed by atoms with E-state index in [4.69, 9.17) is 4.74 Å². The van der Waals surface area contributed by atoms with Crippen molar-refractivity contribution >= 4 is 5.91 Å². The van der Waals surface area contributed by atoms with Crippen LogP contribution in [0.3, 0.4) is 0 Å². The van der Waals surface area contributed by atoms with E-state index < -0.39 is 0 Å². The number of nitrogens with one attached hydrogen (secondary N) is 1. The third kappa shape index (κ3) is 5.55. The molecule has 1 aromatic heterocycles. The molecule has 0 aromatic carbocycles. The first-order chi connectivity index (χ1) is 12.6. The highest BCUT2D eigenvalue weighted by Gasteiger charge is 2.24. The molecular weight excluding hydrogens is 328 g/mol. The number of aromatic nitrogens is 2. The van der Waals surface area contributed by atoms with Gasteiger partial charge in [0.15, 0.2) is 0 Å². The first kappa shape index (κ1) is 19.4. The molecule has 2 heterocycles. The predicted octanol–water partition coefficient (Wildman–Crippen LogP) is 0.943. The average molecular weight is 364 g/mol. The number of carbonyl (C=O) groups is 1. The molecular formula is C20H35N4O2+. The summed E-state index contributed by atoms with van der Waals surface area (Å²) in [6.07, 6.45) is 7.07. The fraction of sp³-hybridized carbons (Fsp3) is 0.800. The molecule has 6 nitrogen and oxygen atoms in total. The Morgan fingerprint density at radius 1 is 1.31 bits per heavy atom. The first-order valence-electron chi connectivity index (χ1n) is 10.3. The lowest BCUT2D eigenvalue weighted by Gasteiger charge is -2.29. The van der Waals surface area contributed by atoms with E-state index in [1.54, 1.807) is 4.90 Å². The third-order valence-corrected chi connectivity index (χ3v) is 5.93. The van der Waals surface area contributed by atoms with Gasteiger partial charge in [0.25, 0.3) is 0 Å². The van der Waals surface area contributed by atoms with Crippen molar-refractivity contribution in [1.82, 2.24) is 14.7 Å². The maximum atomic E-state index is 13.1. The fourth-order valence-electron chi connectivity index (χ4n) is 4.27. The van der Waals surface area contributed by atoms with Crippen molar-refractivity contribution in [2.24, 2.45) is 13.0 Å². The monoisotopic (exact) mass is 363 g/mol. The van der Waals surface area contributed by atoms with Gasteiger partial charge in [0.05, 0.1) is 44.2 Å². The smallest absolute Gasteiger partial charge is 0.223 e. The Balaban J connectivity index is 1.61. The average Bonchev–Trinajstić information content (AvgIpc) is 2.97. The van der Waals surface area contributed by atoms with Gasteiger partial charge in [-0.1, -0.05) is 19.3 Å². The highest BCUT2D eigenvalue weighted by Crippen LogP contribution is 2.27. The van der Waals surface area contributed by atoms with E-state index in [0.717, 1.165) is 57.2 Å². The predicted molar refractivity (Wildman–Crippen MR) is 101 cm³/mol. The summed E-state index contributed by atoms with van der Waals surface area (Å²) in [5.74, 6) is 0.908. The summed E-state index contributed by atoms with van der Waals surface area (Å²) in [6.45, 7) is 8.30. The van der Waals surface area contributed by atoms with Gasteiger partial charge in [0.2, 0.25) is 5.91 Å². The number of hydrogen-bond donors (Lipinski definition) is 1. The molecule has 0 radical (unpaired) electrons. The molecule has 1 saturated carbocycles. The van der Waals surface area contributed by atoms with Gasteiger partial charge in [-0.2, -0.15) is 5.10 Å². The van der Waals surface area contributed by atoms with E-state index >= 15 is 0 Å². The standard InChI is InChI=1S/C20H34N4O2/c1-17-14-19(22(2)21-17)16-24(9-8-23-10-12-26-13-11-23)20(25)15-18-6-4-3-5-7-18/h14,18H,3-13,15-16H2,1-2H3/p+1. The lowest BCUT2D eigenvalue weighted by molar-refractivity contribution is -0.907. The largest absolute Gasteiger partial charge is 0.370 e. The molecule has 1 aromatic rings. The Bertz CT molecular complexity index is 574. The molecule has 3 rings (SSSR count). The third-order valence-electron chi connectivity index (χ3n) is 5.93. The number of amides is 1. The molecule has 0 unspecified atom stereocenters. The Hall–Kier alpha value is -1.40. The molecule has 26 heavy (non-hydrogen) atoms. The molecule has 0 bridgehead atoms. The first-order valence-corrected chi connectivity index (χ1v) is 10.3. The molecule has 2 fully saturated rings. The molecule has 2 aliphatic rings. The Labute approximate surface area is 157 Å². The number of ether oxygens (including phenoxy) is 1. The number of hydrogen-bond acceptors (Lipinski definition) is 3. The number of nitrogens with zero attached hydrogens (tertiary/aromatic N) is 3. The maximum Gasteiger partial charge on any atom is 0.223 e. The van der Waals surface area contributed by atoms with Crippen molar-refractivity contribution in [3.8, 4) is 0 Å². The minimum atomic E-state index is 0.323. The summed E-state index contributed by atoms with van der Waals surface area (Å²) < 4.78 is 7.37. The van der Waals surface area contributed by atoms with Crippen molar-refractivity contribution in [3.05, 3.63) is 17.5 Å². The second-order valence-electron chi connectivity index (χ2n) is 8.04. The van der Waals surface area contributed by atoms with Crippen molar-refractivity contribution in [2.75, 3.05) is 39.4 Å². The lowest BCUT2D eigenvalue weighted by Crippen LogP contribution is -3.14. The normalized spacial score (nSPS) is 19.6. The molecule has 6 heteroatoms. The van der Waals surface area contributed by atoms with Gasteiger partial charge in [-0.25, -0.2) is 0 Å². The van der Waals surface area contributed by atoms with Crippen molar-refractivity contribution < 1.29 is 14.4 Å². The zero-order chi connectivity index (χ0) is 18.4. The number of quaternary nitrogens is 1. The molecule has 1 N–H and O–H groups in total. The second kappa shape index (κ2) is 9.51. The minimum absolute atomic E-state index is 0.323. The van der Waals surface area contributed by atoms with E-state index in [1.165, 1.54) is 32.1 Å². The zero-order valence-corrected chi connectivity index (χ0v) is 16.5. The summed E-state index contributed by atoms with van der Waals surface area (Å²) in [4.78, 5) is 16.7. The van der Waals surface area contributed by atoms with Crippen LogP contribution in [0.1, 0.15) is 49.9 Å². The van der Waals surface area contributed by atoms with E-state index in [-0.39, 0.29) is 0 Å². The summed E-state index contributed by atoms with van der Waals surface area (Å²) in [5.41, 5.74) is 2.14. The Morgan fingerprint density at radius 3 is 2.69 bits per heavy atom. The topological polar surface area (TPSA) is 51.8 Å². The van der Waals surface area contributed by atoms with Gasteiger partial charge >= 0.3 is 0 Å². The summed E-state index contributed by atoms with van der Waals surface area (Å²) in [7, 11) is 1.97. The highest BCUT2D eigenvalue weighted by atomic mass is 16.5. The second-order valence-corrected chi connectivity index (χ2v) is 8.04. The highest BCUT2D eigenvalue weighted by molar-refractivity contribution is 5.76. The van der Waals surface area contributed by atoms with Crippen LogP contribution in [0.4, 0.5) is 0 Å². The van der Waals surface area contributed by atoms with Gasteiger partial charge in [-0.15, -0.1) is 0 Å². The zero-order valence-electron chi connectivity index (χ0n) is 16.5. The number of aryl methyl sites for hydroxylation is 2. The Morgan fingerprint density at radius 2 is 2.04 bits per heavy atom. The van der Waals surface area contributed by atoms with Crippen molar-refractivity contribution in [1.29, 1.82) is 0 Å². The van der Waals surface area contributed by atoms with Crippen LogP contribution in [0.25, 0.3) is 0 Å². The lowest BCUT2D eigenvalue weighted by atomic mass is 9.86. The van der Waals surface area contributed by atoms with Crippen LogP contribution < -0.4 is 4.90 Å². The van der Waals surface area contributed by atoms with Gasteiger partial charge in [-0.05, 0) is 31.7 Å². The van der Waals surface area contributed by atoms with Crippen LogP contribution in [0.5, 0.6) is 0 Å². The van der Waals surface area contributed by atoms with Crippen molar-refractivity contribution in [3.63, 3.8) is 0 Å². The van der Waals surface area contributed by atoms with E-state index in [1.807, 2.05) is 18.7 Å². The van der Waals surface area contributed by atoms with E-state index in [0.29, 0.717) is 18.4 Å². The van der Waals surface area contributed by atoms with Crippen LogP contribution in [-0.4, -0.2) is 60.0 Å². The molecule has 1 aliphatic heterocycles. The van der Waals surface area contributed by atoms with Crippen LogP contribution >= 0.6 is 0 Å². The molecule has 0 atom stereocenters. The molecule has 0 spiro atoms. The number of carbonyl (C=O) groups excluding carboxylic acids is 1. The van der Waals surface area contributed by atoms with Crippen LogP contribution in [-0.2, 0) is 23.1 Å². The SMILES string of the molecule is Cc1cc(CN(CC[NH+]2CCOCC2)C(=O)CC2CCCCC2)n(C)n1. The molecule has 1 amide bonds. The van der Waals surface area contributed by atoms with Gasteiger partial charge < -0.3 is 14.5 Å². The summed E-state index contributed by atoms with van der Waals surface area (Å²) >= 11 is 0. The quantitative estimate of drug-likeness (QED) is 0.785. The maximum absolute atomic E-state index is 13.1. The van der Waals surface area contributed by atoms with Gasteiger partial charge in [-0.3, -0.25) is 9.48 Å². The van der Waals surface area contributed by atoms with E-state index in [9.17, 15) is 4.79 Å². The summed E-state index contributed by atoms with van der Waals surface area (Å²) in [5, 5.41) is 4.45. The van der Waals surface area contributed by atoms with Crippen LogP contribution in [0, 0.1) is 12.8 Å². The summed E-state index contributed by atoms with van der Waals surface area (Å²) in [6, 6.07) is 2.10. The minimum Gasteiger partial charge on any atom is -0.370 e. The van der Waals surface area contributed by atoms with Gasteiger partial charge in [0, 0.05) is 13.5 Å². The number of rotatable bonds is 7. The Kier molecular flexibility index (Phi) is 7.08. The molecule has 1 aliphatic carbocycles. The van der Waals surface area contributed by atoms with Crippen molar-refractivity contribution in [2.45, 2.75) is 52.0 Å². The van der Waals surface area contributed by atoms with Crippen LogP contribution in [0.15, 0.2) is 6.07 Å². The van der Waals surface area contributed by atoms with E-state index in [2.05, 4.69) is 16.1 Å². The molecule has 146 valence electrons. The fourth-order valence-corrected chi connectivity index (χ4v) is 4.27. The number of morpholine rings is 1. The molecule has 1 saturated heterocycles.